The topological polar surface area (TPSA) is 60.7 Å². The zero-order chi connectivity index (χ0) is 13.5. The molecule has 3 aliphatic carbocycles. The van der Waals surface area contributed by atoms with Gasteiger partial charge in [0.15, 0.2) is 0 Å². The van der Waals surface area contributed by atoms with Crippen molar-refractivity contribution in [3.05, 3.63) is 0 Å². The van der Waals surface area contributed by atoms with Crippen molar-refractivity contribution < 1.29 is 15.3 Å². The highest BCUT2D eigenvalue weighted by molar-refractivity contribution is 5.23. The molecule has 3 fully saturated rings. The molecule has 3 rings (SSSR count). The van der Waals surface area contributed by atoms with E-state index in [-0.39, 0.29) is 40.3 Å². The predicted molar refractivity (Wildman–Crippen MR) is 68.8 cm³/mol. The third-order valence-electron chi connectivity index (χ3n) is 7.12. The lowest BCUT2D eigenvalue weighted by atomic mass is 9.62. The van der Waals surface area contributed by atoms with Gasteiger partial charge in [-0.2, -0.15) is 0 Å². The Morgan fingerprint density at radius 2 is 1.50 bits per heavy atom. The van der Waals surface area contributed by atoms with Gasteiger partial charge in [-0.15, -0.1) is 0 Å². The molecule has 4 bridgehead atoms. The molecule has 0 aromatic rings. The van der Waals surface area contributed by atoms with Crippen molar-refractivity contribution in [3.63, 3.8) is 0 Å². The van der Waals surface area contributed by atoms with Gasteiger partial charge >= 0.3 is 0 Å². The van der Waals surface area contributed by atoms with E-state index in [9.17, 15) is 15.3 Å². The van der Waals surface area contributed by atoms with E-state index in [0.29, 0.717) is 6.42 Å². The molecule has 0 radical (unpaired) electrons. The van der Waals surface area contributed by atoms with Crippen molar-refractivity contribution in [2.45, 2.75) is 65.3 Å². The Balaban J connectivity index is 2.16. The zero-order valence-corrected chi connectivity index (χ0v) is 11.8. The third-order valence-corrected chi connectivity index (χ3v) is 7.12. The van der Waals surface area contributed by atoms with Crippen LogP contribution in [0.5, 0.6) is 0 Å². The molecular weight excluding hydrogens is 228 g/mol. The summed E-state index contributed by atoms with van der Waals surface area (Å²) in [7, 11) is 0. The van der Waals surface area contributed by atoms with Crippen molar-refractivity contribution in [2.24, 2.45) is 28.1 Å². The summed E-state index contributed by atoms with van der Waals surface area (Å²) >= 11 is 0. The van der Waals surface area contributed by atoms with Crippen molar-refractivity contribution in [1.82, 2.24) is 0 Å². The Bertz CT molecular complexity index is 380. The first-order valence-corrected chi connectivity index (χ1v) is 7.20. The van der Waals surface area contributed by atoms with E-state index < -0.39 is 6.10 Å². The highest BCUT2D eigenvalue weighted by Crippen LogP contribution is 2.73. The SMILES string of the molecule is CC1(C)C2[C@@H](O)C3(C)C[C@@H](O)[C@@H]2C3(C)CC[C@H]1O. The number of hydrogen-bond acceptors (Lipinski definition) is 3. The molecule has 3 saturated carbocycles. The summed E-state index contributed by atoms with van der Waals surface area (Å²) in [5, 5.41) is 31.6. The molecule has 18 heavy (non-hydrogen) atoms. The second-order valence-corrected chi connectivity index (χ2v) is 7.98. The Hall–Kier alpha value is -0.120. The molecular formula is C15H26O3. The van der Waals surface area contributed by atoms with E-state index >= 15 is 0 Å². The van der Waals surface area contributed by atoms with Crippen molar-refractivity contribution >= 4 is 0 Å². The van der Waals surface area contributed by atoms with Crippen molar-refractivity contribution in [2.75, 3.05) is 0 Å². The largest absolute Gasteiger partial charge is 0.393 e. The van der Waals surface area contributed by atoms with Crippen LogP contribution in [0.2, 0.25) is 0 Å². The number of aliphatic hydroxyl groups is 3. The van der Waals surface area contributed by atoms with Gasteiger partial charge in [0.05, 0.1) is 18.3 Å². The average molecular weight is 254 g/mol. The molecule has 0 spiro atoms. The van der Waals surface area contributed by atoms with Gasteiger partial charge in [-0.1, -0.05) is 27.7 Å². The number of rotatable bonds is 0. The second-order valence-electron chi connectivity index (χ2n) is 7.98. The summed E-state index contributed by atoms with van der Waals surface area (Å²) in [6, 6.07) is 0. The summed E-state index contributed by atoms with van der Waals surface area (Å²) < 4.78 is 0. The maximum absolute atomic E-state index is 10.8. The monoisotopic (exact) mass is 254 g/mol. The maximum atomic E-state index is 10.8. The van der Waals surface area contributed by atoms with Gasteiger partial charge in [-0.25, -0.2) is 0 Å². The van der Waals surface area contributed by atoms with Crippen LogP contribution in [0, 0.1) is 28.1 Å². The molecule has 0 saturated heterocycles. The highest BCUT2D eigenvalue weighted by Gasteiger charge is 2.74. The normalized spacial score (nSPS) is 61.8. The zero-order valence-electron chi connectivity index (χ0n) is 11.8. The number of aliphatic hydroxyl groups excluding tert-OH is 3. The van der Waals surface area contributed by atoms with Crippen LogP contribution in [0.3, 0.4) is 0 Å². The molecule has 0 heterocycles. The molecule has 3 unspecified atom stereocenters. The van der Waals surface area contributed by atoms with Crippen molar-refractivity contribution in [3.8, 4) is 0 Å². The van der Waals surface area contributed by atoms with Crippen LogP contribution >= 0.6 is 0 Å². The summed E-state index contributed by atoms with van der Waals surface area (Å²) in [5.74, 6) is 0.137. The van der Waals surface area contributed by atoms with E-state index in [0.717, 1.165) is 12.8 Å². The summed E-state index contributed by atoms with van der Waals surface area (Å²) in [4.78, 5) is 0. The third kappa shape index (κ3) is 1.13. The molecule has 3 aliphatic rings. The van der Waals surface area contributed by atoms with Crippen LogP contribution in [-0.2, 0) is 0 Å². The predicted octanol–water partition coefficient (Wildman–Crippen LogP) is 1.55. The molecule has 3 nitrogen and oxygen atoms in total. The van der Waals surface area contributed by atoms with E-state index in [1.807, 2.05) is 13.8 Å². The first-order chi connectivity index (χ1) is 8.16. The van der Waals surface area contributed by atoms with Gasteiger partial charge in [0.25, 0.3) is 0 Å². The van der Waals surface area contributed by atoms with Crippen molar-refractivity contribution in [1.29, 1.82) is 0 Å². The molecule has 0 amide bonds. The van der Waals surface area contributed by atoms with Crippen LogP contribution in [-0.4, -0.2) is 33.6 Å². The van der Waals surface area contributed by atoms with E-state index in [2.05, 4.69) is 13.8 Å². The Morgan fingerprint density at radius 3 is 2.11 bits per heavy atom. The molecule has 0 aliphatic heterocycles. The fourth-order valence-electron chi connectivity index (χ4n) is 5.64. The van der Waals surface area contributed by atoms with E-state index in [1.54, 1.807) is 0 Å². The average Bonchev–Trinajstić information content (AvgIpc) is 2.52. The lowest BCUT2D eigenvalue weighted by molar-refractivity contribution is -0.118. The van der Waals surface area contributed by atoms with Gasteiger partial charge in [0.1, 0.15) is 0 Å². The van der Waals surface area contributed by atoms with Gasteiger partial charge < -0.3 is 15.3 Å². The lowest BCUT2D eigenvalue weighted by Crippen LogP contribution is -2.50. The van der Waals surface area contributed by atoms with E-state index in [1.165, 1.54) is 0 Å². The minimum atomic E-state index is -0.402. The van der Waals surface area contributed by atoms with Gasteiger partial charge in [0.2, 0.25) is 0 Å². The molecule has 104 valence electrons. The standard InChI is InChI=1S/C15H26O3/c1-13(2)9(17)5-6-14(3)10-8(16)7-15(14,4)12(18)11(10)13/h8-12,16-18H,5-7H2,1-4H3/t8-,9-,10+,11?,12-,14?,15?/m1/s1. The van der Waals surface area contributed by atoms with Crippen LogP contribution in [0.15, 0.2) is 0 Å². The summed E-state index contributed by atoms with van der Waals surface area (Å²) in [6.45, 7) is 8.45. The van der Waals surface area contributed by atoms with Crippen LogP contribution in [0.1, 0.15) is 47.0 Å². The fraction of sp³-hybridized carbons (Fsp3) is 1.00. The lowest BCUT2D eigenvalue weighted by Gasteiger charge is -2.47. The quantitative estimate of drug-likeness (QED) is 0.614. The molecule has 0 aromatic heterocycles. The van der Waals surface area contributed by atoms with Crippen LogP contribution in [0.4, 0.5) is 0 Å². The summed E-state index contributed by atoms with van der Waals surface area (Å²) in [5.41, 5.74) is -0.550. The minimum Gasteiger partial charge on any atom is -0.393 e. The van der Waals surface area contributed by atoms with Gasteiger partial charge in [-0.05, 0) is 41.9 Å². The van der Waals surface area contributed by atoms with Crippen LogP contribution in [0.25, 0.3) is 0 Å². The smallest absolute Gasteiger partial charge is 0.0638 e. The molecule has 7 atom stereocenters. The van der Waals surface area contributed by atoms with Gasteiger partial charge in [0, 0.05) is 5.41 Å². The number of hydrogen-bond donors (Lipinski definition) is 3. The molecule has 0 aromatic carbocycles. The Kier molecular flexibility index (Phi) is 2.37. The maximum Gasteiger partial charge on any atom is 0.0638 e. The first-order valence-electron chi connectivity index (χ1n) is 7.20. The molecule has 3 heteroatoms. The van der Waals surface area contributed by atoms with E-state index in [4.69, 9.17) is 0 Å². The van der Waals surface area contributed by atoms with Gasteiger partial charge in [-0.3, -0.25) is 0 Å². The summed E-state index contributed by atoms with van der Waals surface area (Å²) in [6.07, 6.45) is 1.29. The second kappa shape index (κ2) is 3.31. The Morgan fingerprint density at radius 1 is 0.889 bits per heavy atom. The minimum absolute atomic E-state index is 0.00810. The first kappa shape index (κ1) is 12.9. The van der Waals surface area contributed by atoms with Crippen LogP contribution < -0.4 is 0 Å². The Labute approximate surface area is 109 Å². The fourth-order valence-corrected chi connectivity index (χ4v) is 5.64. The molecule has 3 N–H and O–H groups in total. The highest BCUT2D eigenvalue weighted by atomic mass is 16.3.